The number of halogens is 1. The maximum absolute atomic E-state index is 11.7. The molecule has 3 N–H and O–H groups in total. The highest BCUT2D eigenvalue weighted by atomic mass is 35.5. The Morgan fingerprint density at radius 2 is 1.84 bits per heavy atom. The monoisotopic (exact) mass is 284 g/mol. The molecule has 0 radical (unpaired) electrons. The van der Waals surface area contributed by atoms with Crippen molar-refractivity contribution in [1.29, 1.82) is 0 Å². The Morgan fingerprint density at radius 3 is 2.32 bits per heavy atom. The summed E-state index contributed by atoms with van der Waals surface area (Å²) in [5.74, 6) is -2.13. The van der Waals surface area contributed by atoms with E-state index < -0.39 is 23.8 Å². The molecule has 1 aromatic rings. The summed E-state index contributed by atoms with van der Waals surface area (Å²) in [6, 6.07) is 4.99. The Morgan fingerprint density at radius 1 is 1.26 bits per heavy atom. The van der Waals surface area contributed by atoms with Crippen LogP contribution in [0.25, 0.3) is 0 Å². The molecule has 0 heterocycles. The lowest BCUT2D eigenvalue weighted by atomic mass is 10.2. The normalized spacial score (nSPS) is 11.5. The van der Waals surface area contributed by atoms with Crippen molar-refractivity contribution in [3.05, 3.63) is 34.9 Å². The van der Waals surface area contributed by atoms with Gasteiger partial charge < -0.3 is 15.7 Å². The van der Waals surface area contributed by atoms with Crippen LogP contribution in [0.4, 0.5) is 0 Å². The molecule has 0 bridgehead atoms. The van der Waals surface area contributed by atoms with Crippen molar-refractivity contribution >= 4 is 29.4 Å². The Kier molecular flexibility index (Phi) is 5.32. The number of aliphatic carboxylic acids is 1. The van der Waals surface area contributed by atoms with E-state index >= 15 is 0 Å². The molecule has 0 saturated carbocycles. The van der Waals surface area contributed by atoms with Gasteiger partial charge in [0.05, 0.1) is 0 Å². The van der Waals surface area contributed by atoms with E-state index in [4.69, 9.17) is 16.7 Å². The molecule has 102 valence electrons. The number of carbonyl (C=O) groups is 3. The summed E-state index contributed by atoms with van der Waals surface area (Å²) in [4.78, 5) is 33.4. The molecule has 19 heavy (non-hydrogen) atoms. The zero-order valence-corrected chi connectivity index (χ0v) is 10.9. The van der Waals surface area contributed by atoms with E-state index in [1.54, 1.807) is 12.1 Å². The number of nitrogens with one attached hydrogen (secondary N) is 2. The summed E-state index contributed by atoms with van der Waals surface area (Å²) in [7, 11) is 0. The lowest BCUT2D eigenvalue weighted by Gasteiger charge is -2.14. The van der Waals surface area contributed by atoms with Crippen molar-refractivity contribution in [3.63, 3.8) is 0 Å². The van der Waals surface area contributed by atoms with Gasteiger partial charge in [-0.05, 0) is 24.3 Å². The highest BCUT2D eigenvalue weighted by Crippen LogP contribution is 2.09. The lowest BCUT2D eigenvalue weighted by Crippen LogP contribution is -2.47. The SMILES string of the molecule is CC(=O)N[C@@H](CNC(=O)c1ccc(Cl)cc1)C(=O)O. The van der Waals surface area contributed by atoms with Crippen LogP contribution in [0.2, 0.25) is 5.02 Å². The lowest BCUT2D eigenvalue weighted by molar-refractivity contribution is -0.141. The molecule has 7 heteroatoms. The second-order valence-electron chi connectivity index (χ2n) is 3.81. The van der Waals surface area contributed by atoms with Gasteiger partial charge in [0.2, 0.25) is 5.91 Å². The van der Waals surface area contributed by atoms with Gasteiger partial charge in [-0.15, -0.1) is 0 Å². The molecule has 0 aliphatic heterocycles. The van der Waals surface area contributed by atoms with Crippen LogP contribution in [0.5, 0.6) is 0 Å². The minimum absolute atomic E-state index is 0.198. The summed E-state index contributed by atoms with van der Waals surface area (Å²) in [5.41, 5.74) is 0.358. The van der Waals surface area contributed by atoms with Crippen molar-refractivity contribution in [3.8, 4) is 0 Å². The number of hydrogen-bond acceptors (Lipinski definition) is 3. The first-order chi connectivity index (χ1) is 8.90. The minimum Gasteiger partial charge on any atom is -0.480 e. The predicted molar refractivity (Wildman–Crippen MR) is 69.0 cm³/mol. The fourth-order valence-electron chi connectivity index (χ4n) is 1.34. The quantitative estimate of drug-likeness (QED) is 0.740. The first-order valence-electron chi connectivity index (χ1n) is 5.44. The maximum Gasteiger partial charge on any atom is 0.328 e. The molecule has 1 atom stereocenters. The van der Waals surface area contributed by atoms with E-state index in [1.165, 1.54) is 19.1 Å². The second-order valence-corrected chi connectivity index (χ2v) is 4.24. The van der Waals surface area contributed by atoms with Gasteiger partial charge in [-0.1, -0.05) is 11.6 Å². The van der Waals surface area contributed by atoms with Crippen LogP contribution in [0, 0.1) is 0 Å². The van der Waals surface area contributed by atoms with E-state index in [2.05, 4.69) is 10.6 Å². The smallest absolute Gasteiger partial charge is 0.328 e. The van der Waals surface area contributed by atoms with Crippen molar-refractivity contribution in [1.82, 2.24) is 10.6 Å². The van der Waals surface area contributed by atoms with Gasteiger partial charge in [0, 0.05) is 24.1 Å². The molecule has 2 amide bonds. The molecule has 0 aliphatic carbocycles. The average molecular weight is 285 g/mol. The second kappa shape index (κ2) is 6.75. The standard InChI is InChI=1S/C12H13ClN2O4/c1-7(16)15-10(12(18)19)6-14-11(17)8-2-4-9(13)5-3-8/h2-5,10H,6H2,1H3,(H,14,17)(H,15,16)(H,18,19)/t10-/m0/s1. The topological polar surface area (TPSA) is 95.5 Å². The number of benzene rings is 1. The third-order valence-electron chi connectivity index (χ3n) is 2.25. The molecular formula is C12H13ClN2O4. The third kappa shape index (κ3) is 4.97. The number of rotatable bonds is 5. The molecule has 6 nitrogen and oxygen atoms in total. The number of carbonyl (C=O) groups excluding carboxylic acids is 2. The first-order valence-corrected chi connectivity index (χ1v) is 5.81. The van der Waals surface area contributed by atoms with Crippen molar-refractivity contribution in [2.24, 2.45) is 0 Å². The molecule has 0 unspecified atom stereocenters. The molecule has 0 aromatic heterocycles. The molecule has 0 aliphatic rings. The molecule has 0 spiro atoms. The molecule has 0 saturated heterocycles. The van der Waals surface area contributed by atoms with Crippen LogP contribution in [0.15, 0.2) is 24.3 Å². The van der Waals surface area contributed by atoms with Gasteiger partial charge in [0.1, 0.15) is 6.04 Å². The summed E-state index contributed by atoms with van der Waals surface area (Å²) in [6.07, 6.45) is 0. The van der Waals surface area contributed by atoms with Crippen LogP contribution >= 0.6 is 11.6 Å². The first kappa shape index (κ1) is 15.0. The maximum atomic E-state index is 11.7. The van der Waals surface area contributed by atoms with E-state index in [1.807, 2.05) is 0 Å². The van der Waals surface area contributed by atoms with Gasteiger partial charge in [0.15, 0.2) is 0 Å². The Balaban J connectivity index is 2.59. The van der Waals surface area contributed by atoms with E-state index in [-0.39, 0.29) is 6.54 Å². The Bertz CT molecular complexity index is 487. The van der Waals surface area contributed by atoms with Gasteiger partial charge >= 0.3 is 5.97 Å². The number of carboxylic acids is 1. The fourth-order valence-corrected chi connectivity index (χ4v) is 1.47. The zero-order chi connectivity index (χ0) is 14.4. The minimum atomic E-state index is -1.22. The highest BCUT2D eigenvalue weighted by molar-refractivity contribution is 6.30. The van der Waals surface area contributed by atoms with E-state index in [0.717, 1.165) is 0 Å². The molecule has 1 aromatic carbocycles. The van der Waals surface area contributed by atoms with Crippen LogP contribution in [0.1, 0.15) is 17.3 Å². The van der Waals surface area contributed by atoms with Crippen LogP contribution in [-0.2, 0) is 9.59 Å². The zero-order valence-electron chi connectivity index (χ0n) is 10.1. The Hall–Kier alpha value is -2.08. The summed E-state index contributed by atoms with van der Waals surface area (Å²) >= 11 is 5.69. The van der Waals surface area contributed by atoms with Crippen molar-refractivity contribution in [2.45, 2.75) is 13.0 Å². The summed E-state index contributed by atoms with van der Waals surface area (Å²) in [6.45, 7) is 1.01. The summed E-state index contributed by atoms with van der Waals surface area (Å²) in [5, 5.41) is 14.0. The van der Waals surface area contributed by atoms with E-state index in [0.29, 0.717) is 10.6 Å². The van der Waals surface area contributed by atoms with Crippen LogP contribution < -0.4 is 10.6 Å². The third-order valence-corrected chi connectivity index (χ3v) is 2.50. The number of amides is 2. The van der Waals surface area contributed by atoms with E-state index in [9.17, 15) is 14.4 Å². The largest absolute Gasteiger partial charge is 0.480 e. The van der Waals surface area contributed by atoms with Gasteiger partial charge in [-0.2, -0.15) is 0 Å². The average Bonchev–Trinajstić information content (AvgIpc) is 2.34. The Labute approximate surface area is 114 Å². The van der Waals surface area contributed by atoms with Gasteiger partial charge in [-0.25, -0.2) is 4.79 Å². The molecular weight excluding hydrogens is 272 g/mol. The predicted octanol–water partition coefficient (Wildman–Crippen LogP) is 0.659. The molecule has 1 rings (SSSR count). The number of hydrogen-bond donors (Lipinski definition) is 3. The van der Waals surface area contributed by atoms with Crippen molar-refractivity contribution in [2.75, 3.05) is 6.54 Å². The van der Waals surface area contributed by atoms with Crippen LogP contribution in [0.3, 0.4) is 0 Å². The number of carboxylic acid groups (broad SMARTS) is 1. The van der Waals surface area contributed by atoms with Gasteiger partial charge in [-0.3, -0.25) is 9.59 Å². The highest BCUT2D eigenvalue weighted by Gasteiger charge is 2.19. The fraction of sp³-hybridized carbons (Fsp3) is 0.250. The van der Waals surface area contributed by atoms with Crippen molar-refractivity contribution < 1.29 is 19.5 Å². The molecule has 0 fully saturated rings. The van der Waals surface area contributed by atoms with Crippen LogP contribution in [-0.4, -0.2) is 35.5 Å². The summed E-state index contributed by atoms with van der Waals surface area (Å²) < 4.78 is 0. The van der Waals surface area contributed by atoms with Gasteiger partial charge in [0.25, 0.3) is 5.91 Å².